The SMILES string of the molecule is CCCCCCC/C=C\C/C=C\CCCCCCCCCCCCCC(=O)NC(CO)C(O)CCCCCCCCCCC. The van der Waals surface area contributed by atoms with Crippen molar-refractivity contribution in [2.75, 3.05) is 6.61 Å². The number of hydrogen-bond acceptors (Lipinski definition) is 3. The summed E-state index contributed by atoms with van der Waals surface area (Å²) in [5.74, 6) is -0.0361. The van der Waals surface area contributed by atoms with Gasteiger partial charge in [-0.1, -0.05) is 179 Å². The summed E-state index contributed by atoms with van der Waals surface area (Å²) < 4.78 is 0. The van der Waals surface area contributed by atoms with Crippen LogP contribution < -0.4 is 5.32 Å². The average molecular weight is 620 g/mol. The number of hydrogen-bond donors (Lipinski definition) is 3. The van der Waals surface area contributed by atoms with Gasteiger partial charge in [0.1, 0.15) is 0 Å². The van der Waals surface area contributed by atoms with Crippen molar-refractivity contribution in [3.63, 3.8) is 0 Å². The van der Waals surface area contributed by atoms with Crippen molar-refractivity contribution >= 4 is 5.91 Å². The van der Waals surface area contributed by atoms with Crippen LogP contribution in [0, 0.1) is 0 Å². The van der Waals surface area contributed by atoms with Gasteiger partial charge < -0.3 is 15.5 Å². The van der Waals surface area contributed by atoms with Crippen molar-refractivity contribution in [2.24, 2.45) is 0 Å². The largest absolute Gasteiger partial charge is 0.394 e. The lowest BCUT2D eigenvalue weighted by Crippen LogP contribution is -2.45. The number of nitrogens with one attached hydrogen (secondary N) is 1. The molecular formula is C40H77NO3. The highest BCUT2D eigenvalue weighted by molar-refractivity contribution is 5.76. The van der Waals surface area contributed by atoms with Gasteiger partial charge >= 0.3 is 0 Å². The molecule has 0 radical (unpaired) electrons. The number of unbranched alkanes of at least 4 members (excludes halogenated alkanes) is 24. The van der Waals surface area contributed by atoms with Crippen LogP contribution in [0.25, 0.3) is 0 Å². The first kappa shape index (κ1) is 42.9. The molecule has 0 aromatic rings. The van der Waals surface area contributed by atoms with Crippen molar-refractivity contribution in [1.82, 2.24) is 5.32 Å². The fraction of sp³-hybridized carbons (Fsp3) is 0.875. The second-order valence-electron chi connectivity index (χ2n) is 13.4. The molecule has 0 saturated carbocycles. The molecule has 0 aliphatic heterocycles. The summed E-state index contributed by atoms with van der Waals surface area (Å²) in [6, 6.07) is -0.532. The molecule has 2 atom stereocenters. The van der Waals surface area contributed by atoms with Gasteiger partial charge in [-0.05, 0) is 44.9 Å². The van der Waals surface area contributed by atoms with Crippen LogP contribution in [-0.4, -0.2) is 34.9 Å². The normalized spacial score (nSPS) is 13.3. The molecule has 260 valence electrons. The third-order valence-electron chi connectivity index (χ3n) is 8.97. The van der Waals surface area contributed by atoms with E-state index >= 15 is 0 Å². The monoisotopic (exact) mass is 620 g/mol. The molecule has 0 aromatic heterocycles. The summed E-state index contributed by atoms with van der Waals surface area (Å²) in [7, 11) is 0. The standard InChI is InChI=1S/C40H77NO3/c1-3-5-7-9-11-13-14-15-16-17-18-19-20-21-22-23-24-25-26-28-30-32-34-36-40(44)41-38(37-42)39(43)35-33-31-29-27-12-10-8-6-4-2/h14-15,17-18,38-39,42-43H,3-13,16,19-37H2,1-2H3,(H,41,44)/b15-14-,18-17-. The summed E-state index contributed by atoms with van der Waals surface area (Å²) in [5, 5.41) is 23.0. The number of aliphatic hydroxyl groups excluding tert-OH is 2. The highest BCUT2D eigenvalue weighted by Crippen LogP contribution is 2.15. The van der Waals surface area contributed by atoms with E-state index in [1.807, 2.05) is 0 Å². The molecule has 3 N–H and O–H groups in total. The van der Waals surface area contributed by atoms with Gasteiger partial charge in [-0.2, -0.15) is 0 Å². The molecule has 0 heterocycles. The zero-order valence-electron chi connectivity index (χ0n) is 29.7. The minimum absolute atomic E-state index is 0.0361. The van der Waals surface area contributed by atoms with E-state index in [4.69, 9.17) is 0 Å². The first-order valence-electron chi connectivity index (χ1n) is 19.5. The van der Waals surface area contributed by atoms with E-state index < -0.39 is 12.1 Å². The summed E-state index contributed by atoms with van der Waals surface area (Å²) in [6.07, 6.45) is 45.3. The third kappa shape index (κ3) is 32.3. The number of carbonyl (C=O) groups is 1. The van der Waals surface area contributed by atoms with Crippen molar-refractivity contribution in [3.8, 4) is 0 Å². The first-order chi connectivity index (χ1) is 21.7. The van der Waals surface area contributed by atoms with E-state index in [1.54, 1.807) is 0 Å². The Hall–Kier alpha value is -1.13. The van der Waals surface area contributed by atoms with Crippen LogP contribution in [0.15, 0.2) is 24.3 Å². The van der Waals surface area contributed by atoms with E-state index in [1.165, 1.54) is 148 Å². The Bertz CT molecular complexity index is 632. The maximum atomic E-state index is 12.3. The van der Waals surface area contributed by atoms with Gasteiger partial charge in [0.05, 0.1) is 18.8 Å². The van der Waals surface area contributed by atoms with E-state index in [9.17, 15) is 15.0 Å². The lowest BCUT2D eigenvalue weighted by molar-refractivity contribution is -0.123. The van der Waals surface area contributed by atoms with Crippen LogP contribution in [0.5, 0.6) is 0 Å². The first-order valence-corrected chi connectivity index (χ1v) is 19.5. The molecule has 44 heavy (non-hydrogen) atoms. The second-order valence-corrected chi connectivity index (χ2v) is 13.4. The molecule has 0 fully saturated rings. The van der Waals surface area contributed by atoms with Crippen molar-refractivity contribution in [1.29, 1.82) is 0 Å². The second kappa shape index (κ2) is 36.3. The molecule has 0 rings (SSSR count). The maximum absolute atomic E-state index is 12.3. The fourth-order valence-electron chi connectivity index (χ4n) is 5.92. The molecule has 4 nitrogen and oxygen atoms in total. The highest BCUT2D eigenvalue weighted by atomic mass is 16.3. The molecule has 0 saturated heterocycles. The van der Waals surface area contributed by atoms with Crippen molar-refractivity contribution in [3.05, 3.63) is 24.3 Å². The molecule has 0 spiro atoms. The Morgan fingerprint density at radius 2 is 0.932 bits per heavy atom. The zero-order chi connectivity index (χ0) is 32.2. The predicted molar refractivity (Wildman–Crippen MR) is 193 cm³/mol. The molecular weight excluding hydrogens is 542 g/mol. The van der Waals surface area contributed by atoms with Gasteiger partial charge in [0.25, 0.3) is 0 Å². The molecule has 4 heteroatoms. The smallest absolute Gasteiger partial charge is 0.220 e. The number of rotatable bonds is 35. The van der Waals surface area contributed by atoms with Gasteiger partial charge in [0.2, 0.25) is 5.91 Å². The van der Waals surface area contributed by atoms with Gasteiger partial charge in [0.15, 0.2) is 0 Å². The Morgan fingerprint density at radius 1 is 0.545 bits per heavy atom. The Balaban J connectivity index is 3.49. The lowest BCUT2D eigenvalue weighted by atomic mass is 10.0. The topological polar surface area (TPSA) is 69.6 Å². The summed E-state index contributed by atoms with van der Waals surface area (Å²) in [5.41, 5.74) is 0. The van der Waals surface area contributed by atoms with Crippen LogP contribution in [0.1, 0.15) is 206 Å². The molecule has 1 amide bonds. The molecule has 0 bridgehead atoms. The summed E-state index contributed by atoms with van der Waals surface area (Å²) >= 11 is 0. The number of amides is 1. The Kier molecular flexibility index (Phi) is 35.4. The van der Waals surface area contributed by atoms with Crippen LogP contribution >= 0.6 is 0 Å². The van der Waals surface area contributed by atoms with Crippen molar-refractivity contribution in [2.45, 2.75) is 219 Å². The quantitative estimate of drug-likeness (QED) is 0.0488. The molecule has 0 aromatic carbocycles. The van der Waals surface area contributed by atoms with Gasteiger partial charge in [-0.3, -0.25) is 4.79 Å². The molecule has 2 unspecified atom stereocenters. The predicted octanol–water partition coefficient (Wildman–Crippen LogP) is 11.7. The van der Waals surface area contributed by atoms with Crippen molar-refractivity contribution < 1.29 is 15.0 Å². The van der Waals surface area contributed by atoms with Gasteiger partial charge in [-0.25, -0.2) is 0 Å². The van der Waals surface area contributed by atoms with Gasteiger partial charge in [0, 0.05) is 6.42 Å². The molecule has 0 aliphatic carbocycles. The summed E-state index contributed by atoms with van der Waals surface area (Å²) in [6.45, 7) is 4.32. The number of allylic oxidation sites excluding steroid dienone is 4. The van der Waals surface area contributed by atoms with E-state index in [0.717, 1.165) is 32.1 Å². The van der Waals surface area contributed by atoms with E-state index in [2.05, 4.69) is 43.5 Å². The number of carbonyl (C=O) groups excluding carboxylic acids is 1. The van der Waals surface area contributed by atoms with E-state index in [-0.39, 0.29) is 12.5 Å². The minimum atomic E-state index is -0.655. The average Bonchev–Trinajstić information content (AvgIpc) is 3.03. The Labute approximate surface area is 275 Å². The van der Waals surface area contributed by atoms with Crippen LogP contribution in [-0.2, 0) is 4.79 Å². The van der Waals surface area contributed by atoms with E-state index in [0.29, 0.717) is 12.8 Å². The van der Waals surface area contributed by atoms with Gasteiger partial charge in [-0.15, -0.1) is 0 Å². The lowest BCUT2D eigenvalue weighted by Gasteiger charge is -2.22. The highest BCUT2D eigenvalue weighted by Gasteiger charge is 2.19. The number of aliphatic hydroxyl groups is 2. The maximum Gasteiger partial charge on any atom is 0.220 e. The molecule has 0 aliphatic rings. The fourth-order valence-corrected chi connectivity index (χ4v) is 5.92. The summed E-state index contributed by atoms with van der Waals surface area (Å²) in [4.78, 5) is 12.3. The van der Waals surface area contributed by atoms with Crippen LogP contribution in [0.4, 0.5) is 0 Å². The third-order valence-corrected chi connectivity index (χ3v) is 8.97. The Morgan fingerprint density at radius 3 is 1.36 bits per heavy atom. The van der Waals surface area contributed by atoms with Crippen LogP contribution in [0.3, 0.4) is 0 Å². The minimum Gasteiger partial charge on any atom is -0.394 e. The zero-order valence-corrected chi connectivity index (χ0v) is 29.7. The van der Waals surface area contributed by atoms with Crippen LogP contribution in [0.2, 0.25) is 0 Å².